The van der Waals surface area contributed by atoms with Crippen molar-refractivity contribution in [1.29, 1.82) is 0 Å². The Labute approximate surface area is 159 Å². The van der Waals surface area contributed by atoms with Crippen LogP contribution >= 0.6 is 11.3 Å². The molecule has 0 saturated carbocycles. The van der Waals surface area contributed by atoms with Crippen LogP contribution in [0.25, 0.3) is 10.6 Å². The van der Waals surface area contributed by atoms with Crippen molar-refractivity contribution < 1.29 is 0 Å². The molecule has 0 unspecified atom stereocenters. The monoisotopic (exact) mass is 375 g/mol. The van der Waals surface area contributed by atoms with E-state index < -0.39 is 0 Å². The zero-order chi connectivity index (χ0) is 18.7. The van der Waals surface area contributed by atoms with Crippen LogP contribution in [0.4, 0.5) is 0 Å². The zero-order valence-corrected chi connectivity index (χ0v) is 17.0. The van der Waals surface area contributed by atoms with Crippen molar-refractivity contribution in [2.45, 2.75) is 39.7 Å². The Kier molecular flexibility index (Phi) is 6.21. The van der Waals surface area contributed by atoms with Crippen molar-refractivity contribution in [3.8, 4) is 10.6 Å². The number of hydrogen-bond donors (Lipinski definition) is 1. The topological polar surface area (TPSA) is 63.1 Å². The van der Waals surface area contributed by atoms with Crippen molar-refractivity contribution in [2.75, 3.05) is 26.7 Å². The molecule has 3 rings (SSSR count). The van der Waals surface area contributed by atoms with Gasteiger partial charge >= 0.3 is 0 Å². The summed E-state index contributed by atoms with van der Waals surface area (Å²) in [6, 6.07) is 0. The fourth-order valence-corrected chi connectivity index (χ4v) is 4.51. The number of thiazole rings is 1. The highest BCUT2D eigenvalue weighted by Crippen LogP contribution is 2.26. The van der Waals surface area contributed by atoms with Gasteiger partial charge in [-0.05, 0) is 71.3 Å². The molecule has 0 radical (unpaired) electrons. The Morgan fingerprint density at radius 3 is 2.73 bits per heavy atom. The lowest BCUT2D eigenvalue weighted by molar-refractivity contribution is 0.171. The molecule has 0 aliphatic carbocycles. The third-order valence-electron chi connectivity index (χ3n) is 5.39. The summed E-state index contributed by atoms with van der Waals surface area (Å²) < 4.78 is 1.41. The van der Waals surface area contributed by atoms with Crippen LogP contribution in [0.3, 0.4) is 0 Å². The number of nitrogens with one attached hydrogen (secondary N) is 1. The molecule has 0 spiro atoms. The Morgan fingerprint density at radius 1 is 1.31 bits per heavy atom. The van der Waals surface area contributed by atoms with Crippen LogP contribution in [0.15, 0.2) is 10.2 Å². The first-order valence-electron chi connectivity index (χ1n) is 9.35. The van der Waals surface area contributed by atoms with Gasteiger partial charge in [0.15, 0.2) is 0 Å². The number of aryl methyl sites for hydroxylation is 2. The number of aromatic nitrogens is 3. The van der Waals surface area contributed by atoms with Gasteiger partial charge in [-0.15, -0.1) is 11.3 Å². The lowest BCUT2D eigenvalue weighted by Crippen LogP contribution is -2.34. The maximum atomic E-state index is 12.5. The maximum Gasteiger partial charge on any atom is 0.277 e. The molecule has 2 aromatic rings. The summed E-state index contributed by atoms with van der Waals surface area (Å²) in [5.74, 6) is 0.843. The maximum absolute atomic E-state index is 12.5. The highest BCUT2D eigenvalue weighted by atomic mass is 32.1. The molecule has 26 heavy (non-hydrogen) atoms. The van der Waals surface area contributed by atoms with Gasteiger partial charge in [-0.1, -0.05) is 0 Å². The average molecular weight is 376 g/mol. The minimum absolute atomic E-state index is 0.0700. The van der Waals surface area contributed by atoms with Gasteiger partial charge in [-0.3, -0.25) is 9.69 Å². The second-order valence-corrected chi connectivity index (χ2v) is 8.13. The van der Waals surface area contributed by atoms with Gasteiger partial charge in [-0.2, -0.15) is 5.10 Å². The van der Waals surface area contributed by atoms with E-state index in [-0.39, 0.29) is 5.56 Å². The summed E-state index contributed by atoms with van der Waals surface area (Å²) in [5, 5.41) is 10.4. The van der Waals surface area contributed by atoms with E-state index in [1.165, 1.54) is 23.9 Å². The fourth-order valence-electron chi connectivity index (χ4n) is 3.61. The fraction of sp³-hybridized carbons (Fsp3) is 0.632. The van der Waals surface area contributed by atoms with Crippen molar-refractivity contribution >= 4 is 11.3 Å². The largest absolute Gasteiger partial charge is 0.320 e. The summed E-state index contributed by atoms with van der Waals surface area (Å²) in [6.07, 6.45) is 3.80. The van der Waals surface area contributed by atoms with E-state index in [2.05, 4.69) is 20.7 Å². The van der Waals surface area contributed by atoms with Crippen molar-refractivity contribution in [1.82, 2.24) is 25.0 Å². The number of likely N-dealkylation sites (tertiary alicyclic amines) is 1. The van der Waals surface area contributed by atoms with Gasteiger partial charge in [0.25, 0.3) is 5.56 Å². The molecule has 0 aromatic carbocycles. The molecule has 1 N–H and O–H groups in total. The van der Waals surface area contributed by atoms with Gasteiger partial charge in [0.1, 0.15) is 5.01 Å². The molecule has 2 aromatic heterocycles. The summed E-state index contributed by atoms with van der Waals surface area (Å²) in [6.45, 7) is 8.15. The first-order chi connectivity index (χ1) is 12.5. The Balaban J connectivity index is 1.68. The van der Waals surface area contributed by atoms with E-state index in [1.807, 2.05) is 20.9 Å². The summed E-state index contributed by atoms with van der Waals surface area (Å²) in [4.78, 5) is 19.8. The molecule has 1 fully saturated rings. The van der Waals surface area contributed by atoms with E-state index in [4.69, 9.17) is 4.98 Å². The number of piperidine rings is 1. The molecule has 1 aliphatic heterocycles. The Hall–Kier alpha value is -1.57. The number of rotatable bonds is 6. The van der Waals surface area contributed by atoms with Gasteiger partial charge < -0.3 is 5.32 Å². The molecule has 1 saturated heterocycles. The van der Waals surface area contributed by atoms with Crippen LogP contribution in [-0.4, -0.2) is 46.3 Å². The van der Waals surface area contributed by atoms with E-state index >= 15 is 0 Å². The minimum atomic E-state index is -0.0700. The van der Waals surface area contributed by atoms with Crippen LogP contribution in [0.5, 0.6) is 0 Å². The highest BCUT2D eigenvalue weighted by molar-refractivity contribution is 7.13. The average Bonchev–Trinajstić information content (AvgIpc) is 3.08. The standard InChI is InChI=1S/C19H29N5OS/c1-13-14(2)22-23(4)19(25)17(13)18-21-16(12-26-18)11-24-9-6-15(7-10-24)5-8-20-3/h12,15,20H,5-11H2,1-4H3. The molecule has 3 heterocycles. The molecule has 0 bridgehead atoms. The summed E-state index contributed by atoms with van der Waals surface area (Å²) in [7, 11) is 3.72. The molecule has 7 heteroatoms. The first kappa shape index (κ1) is 19.2. The minimum Gasteiger partial charge on any atom is -0.320 e. The van der Waals surface area contributed by atoms with Crippen molar-refractivity contribution in [3.63, 3.8) is 0 Å². The number of hydrogen-bond acceptors (Lipinski definition) is 6. The molecular weight excluding hydrogens is 346 g/mol. The second-order valence-electron chi connectivity index (χ2n) is 7.27. The first-order valence-corrected chi connectivity index (χ1v) is 10.2. The van der Waals surface area contributed by atoms with Gasteiger partial charge in [-0.25, -0.2) is 9.67 Å². The van der Waals surface area contributed by atoms with Crippen LogP contribution in [0.2, 0.25) is 0 Å². The quantitative estimate of drug-likeness (QED) is 0.840. The molecular formula is C19H29N5OS. The molecule has 6 nitrogen and oxygen atoms in total. The van der Waals surface area contributed by atoms with E-state index in [0.29, 0.717) is 5.56 Å². The molecule has 0 amide bonds. The van der Waals surface area contributed by atoms with E-state index in [9.17, 15) is 4.79 Å². The van der Waals surface area contributed by atoms with Gasteiger partial charge in [0.05, 0.1) is 17.0 Å². The highest BCUT2D eigenvalue weighted by Gasteiger charge is 2.21. The predicted octanol–water partition coefficient (Wildman–Crippen LogP) is 2.34. The normalized spacial score (nSPS) is 16.3. The summed E-state index contributed by atoms with van der Waals surface area (Å²) >= 11 is 1.56. The van der Waals surface area contributed by atoms with Gasteiger partial charge in [0, 0.05) is 19.0 Å². The SMILES string of the molecule is CNCCC1CCN(Cc2csc(-c3c(C)c(C)nn(C)c3=O)n2)CC1. The van der Waals surface area contributed by atoms with Crippen molar-refractivity contribution in [3.05, 3.63) is 32.7 Å². The van der Waals surface area contributed by atoms with Crippen molar-refractivity contribution in [2.24, 2.45) is 13.0 Å². The number of nitrogens with zero attached hydrogens (tertiary/aromatic N) is 4. The van der Waals surface area contributed by atoms with E-state index in [0.717, 1.165) is 54.1 Å². The Bertz CT molecular complexity index is 805. The van der Waals surface area contributed by atoms with Crippen LogP contribution < -0.4 is 10.9 Å². The Morgan fingerprint density at radius 2 is 2.04 bits per heavy atom. The second kappa shape index (κ2) is 8.41. The lowest BCUT2D eigenvalue weighted by atomic mass is 9.93. The molecule has 0 atom stereocenters. The van der Waals surface area contributed by atoms with Crippen LogP contribution in [-0.2, 0) is 13.6 Å². The molecule has 1 aliphatic rings. The third kappa shape index (κ3) is 4.22. The summed E-state index contributed by atoms with van der Waals surface area (Å²) in [5.41, 5.74) is 3.50. The van der Waals surface area contributed by atoms with E-state index in [1.54, 1.807) is 18.4 Å². The smallest absolute Gasteiger partial charge is 0.277 e. The predicted molar refractivity (Wildman–Crippen MR) is 107 cm³/mol. The van der Waals surface area contributed by atoms with Crippen LogP contribution in [0, 0.1) is 19.8 Å². The third-order valence-corrected chi connectivity index (χ3v) is 6.30. The molecule has 142 valence electrons. The lowest BCUT2D eigenvalue weighted by Gasteiger charge is -2.31. The van der Waals surface area contributed by atoms with Gasteiger partial charge in [0.2, 0.25) is 0 Å². The zero-order valence-electron chi connectivity index (χ0n) is 16.2. The van der Waals surface area contributed by atoms with Crippen LogP contribution in [0.1, 0.15) is 36.2 Å².